The zero-order chi connectivity index (χ0) is 10.7. The number of nitrogens with zero attached hydrogens (tertiary/aromatic N) is 3. The quantitative estimate of drug-likeness (QED) is 0.285. The largest absolute Gasteiger partial charge is 3.00 e. The van der Waals surface area contributed by atoms with E-state index in [1.807, 2.05) is 0 Å². The Kier molecular flexibility index (Phi) is 106. The van der Waals surface area contributed by atoms with E-state index in [2.05, 4.69) is 0 Å². The molecule has 0 atom stereocenters. The van der Waals surface area contributed by atoms with Crippen molar-refractivity contribution in [3.63, 3.8) is 0 Å². The van der Waals surface area contributed by atoms with Gasteiger partial charge in [0.1, 0.15) is 0 Å². The molecule has 0 unspecified atom stereocenters. The Morgan fingerprint density at radius 3 is 0.500 bits per heavy atom. The predicted molar refractivity (Wildman–Crippen MR) is 41.9 cm³/mol. The van der Waals surface area contributed by atoms with Crippen molar-refractivity contribution in [2.75, 3.05) is 0 Å². The summed E-state index contributed by atoms with van der Waals surface area (Å²) in [6.07, 6.45) is 0. The minimum atomic E-state index is -1.75. The first kappa shape index (κ1) is 45.9. The fourth-order valence-electron chi connectivity index (χ4n) is 0. The van der Waals surface area contributed by atoms with Crippen molar-refractivity contribution in [2.24, 2.45) is 0 Å². The second-order valence-corrected chi connectivity index (χ2v) is 0.671. The van der Waals surface area contributed by atoms with Crippen molar-refractivity contribution < 1.29 is 78.6 Å². The van der Waals surface area contributed by atoms with Crippen LogP contribution in [0.2, 0.25) is 0 Å². The Balaban J connectivity index is -0.0000000135. The van der Waals surface area contributed by atoms with Gasteiger partial charge in [-0.15, -0.1) is 0 Å². The minimum Gasteiger partial charge on any atom is -0.412 e. The molecule has 0 heterocycles. The summed E-state index contributed by atoms with van der Waals surface area (Å²) in [7, 11) is 0. The molecule has 1 radical (unpaired) electrons. The van der Waals surface area contributed by atoms with E-state index in [9.17, 15) is 0 Å². The van der Waals surface area contributed by atoms with Crippen molar-refractivity contribution in [2.45, 2.75) is 0 Å². The molecule has 15 nitrogen and oxygen atoms in total. The summed E-state index contributed by atoms with van der Waals surface area (Å²) in [5.41, 5.74) is 0. The molecule has 0 amide bonds. The Labute approximate surface area is 124 Å². The summed E-state index contributed by atoms with van der Waals surface area (Å²) in [5, 5.41) is 44.2. The molecular weight excluding hydrogens is 407 g/mol. The van der Waals surface area contributed by atoms with Gasteiger partial charge in [-0.2, -0.15) is 0 Å². The molecule has 16 heteroatoms. The van der Waals surface area contributed by atoms with E-state index in [0.29, 0.717) is 0 Å². The maximum Gasteiger partial charge on any atom is 3.00 e. The Bertz CT molecular complexity index is 114. The van der Waals surface area contributed by atoms with Crippen LogP contribution in [0.4, 0.5) is 0 Å². The van der Waals surface area contributed by atoms with Crippen molar-refractivity contribution in [1.29, 1.82) is 0 Å². The summed E-state index contributed by atoms with van der Waals surface area (Å²) in [4.78, 5) is 24.8. The molecule has 0 aliphatic rings. The third-order valence-corrected chi connectivity index (χ3v) is 0. The Hall–Kier alpha value is -1.00. The normalized spacial score (nSPS) is 4.50. The van der Waals surface area contributed by atoms with Gasteiger partial charge in [-0.25, -0.2) is 0 Å². The zero-order valence-electron chi connectivity index (χ0n) is 6.78. The second-order valence-electron chi connectivity index (χ2n) is 0.671. The van der Waals surface area contributed by atoms with Crippen molar-refractivity contribution in [1.82, 2.24) is 0 Å². The average molecular weight is 413 g/mol. The molecule has 0 saturated carbocycles. The maximum absolute atomic E-state index is 8.25. The van der Waals surface area contributed by atoms with Crippen LogP contribution in [0.25, 0.3) is 0 Å². The summed E-state index contributed by atoms with van der Waals surface area (Å²) in [6, 6.07) is 0. The third-order valence-electron chi connectivity index (χ3n) is 0. The zero-order valence-corrected chi connectivity index (χ0v) is 8.50. The van der Waals surface area contributed by atoms with Crippen molar-refractivity contribution >= 4 is 0 Å². The van der Waals surface area contributed by atoms with Crippen LogP contribution < -0.4 is 0 Å². The van der Waals surface area contributed by atoms with Crippen LogP contribution in [0.1, 0.15) is 0 Å². The standard InChI is InChI=1S/3NO3.3H2O.Yb/c3*2-1(3)4;;;;/h;;;3*1H2;/q3*-1;;;;+3. The second kappa shape index (κ2) is 37.0. The number of rotatable bonds is 0. The molecule has 0 aromatic heterocycles. The average Bonchev–Trinajstić information content (AvgIpc) is 1.54. The Morgan fingerprint density at radius 2 is 0.500 bits per heavy atom. The van der Waals surface area contributed by atoms with Crippen LogP contribution in [0, 0.1) is 92.9 Å². The fourth-order valence-corrected chi connectivity index (χ4v) is 0. The molecule has 0 rings (SSSR count). The molecule has 0 aliphatic carbocycles. The predicted octanol–water partition coefficient (Wildman–Crippen LogP) is -3.19. The van der Waals surface area contributed by atoms with Crippen LogP contribution in [0.15, 0.2) is 0 Å². The van der Waals surface area contributed by atoms with Gasteiger partial charge in [0.15, 0.2) is 0 Å². The molecule has 0 fully saturated rings. The van der Waals surface area contributed by atoms with Gasteiger partial charge < -0.3 is 62.4 Å². The van der Waals surface area contributed by atoms with Gasteiger partial charge in [0, 0.05) is 0 Å². The topological polar surface area (TPSA) is 293 Å². The van der Waals surface area contributed by atoms with Crippen LogP contribution in [-0.2, 0) is 0 Å². The first-order valence-corrected chi connectivity index (χ1v) is 1.64. The van der Waals surface area contributed by atoms with Crippen molar-refractivity contribution in [3.05, 3.63) is 46.0 Å². The molecule has 107 valence electrons. The van der Waals surface area contributed by atoms with E-state index < -0.39 is 15.3 Å². The van der Waals surface area contributed by atoms with Gasteiger partial charge in [0.05, 0.1) is 15.3 Å². The fraction of sp³-hybridized carbons (Fsp3) is 0. The number of hydrogen-bond acceptors (Lipinski definition) is 9. The van der Waals surface area contributed by atoms with Gasteiger partial charge in [-0.1, -0.05) is 0 Å². The Morgan fingerprint density at radius 1 is 0.500 bits per heavy atom. The van der Waals surface area contributed by atoms with E-state index in [1.54, 1.807) is 0 Å². The minimum absolute atomic E-state index is 0. The van der Waals surface area contributed by atoms with E-state index in [1.165, 1.54) is 0 Å². The van der Waals surface area contributed by atoms with E-state index in [-0.39, 0.29) is 63.4 Å². The van der Waals surface area contributed by atoms with Crippen molar-refractivity contribution in [3.8, 4) is 0 Å². The maximum atomic E-state index is 8.25. The number of hydrogen-bond donors (Lipinski definition) is 0. The van der Waals surface area contributed by atoms with Crippen LogP contribution in [0.3, 0.4) is 0 Å². The summed E-state index contributed by atoms with van der Waals surface area (Å²) >= 11 is 0. The first-order valence-electron chi connectivity index (χ1n) is 1.64. The molecular formula is H6N3O12Yb. The van der Waals surface area contributed by atoms with Gasteiger partial charge in [0.2, 0.25) is 0 Å². The molecule has 6 N–H and O–H groups in total. The van der Waals surface area contributed by atoms with Crippen LogP contribution >= 0.6 is 0 Å². The third kappa shape index (κ3) is 1870. The van der Waals surface area contributed by atoms with Gasteiger partial charge >= 0.3 is 46.9 Å². The molecule has 0 aromatic rings. The molecule has 0 aromatic carbocycles. The summed E-state index contributed by atoms with van der Waals surface area (Å²) in [5.74, 6) is 0. The first-order chi connectivity index (χ1) is 5.20. The molecule has 0 aliphatic heterocycles. The van der Waals surface area contributed by atoms with E-state index >= 15 is 0 Å². The smallest absolute Gasteiger partial charge is 0.412 e. The van der Waals surface area contributed by atoms with E-state index in [4.69, 9.17) is 46.0 Å². The van der Waals surface area contributed by atoms with Gasteiger partial charge in [-0.3, -0.25) is 0 Å². The van der Waals surface area contributed by atoms with Gasteiger partial charge in [-0.05, 0) is 0 Å². The molecule has 0 bridgehead atoms. The molecule has 16 heavy (non-hydrogen) atoms. The monoisotopic (exact) mass is 414 g/mol. The van der Waals surface area contributed by atoms with Gasteiger partial charge in [0.25, 0.3) is 0 Å². The molecule has 0 saturated heterocycles. The van der Waals surface area contributed by atoms with E-state index in [0.717, 1.165) is 0 Å². The summed E-state index contributed by atoms with van der Waals surface area (Å²) < 4.78 is 0. The molecule has 0 spiro atoms. The van der Waals surface area contributed by atoms with Crippen LogP contribution in [-0.4, -0.2) is 31.7 Å². The van der Waals surface area contributed by atoms with Crippen LogP contribution in [0.5, 0.6) is 0 Å². The summed E-state index contributed by atoms with van der Waals surface area (Å²) in [6.45, 7) is 0. The SMILES string of the molecule is O.O.O.O=[N+]([O-])[O-].O=[N+]([O-])[O-].O=[N+]([O-])[O-].[Yb+3].